The van der Waals surface area contributed by atoms with Gasteiger partial charge < -0.3 is 0 Å². The Morgan fingerprint density at radius 2 is 2.12 bits per heavy atom. The fraction of sp³-hybridized carbons (Fsp3) is 0.600. The minimum atomic E-state index is -0.875. The summed E-state index contributed by atoms with van der Waals surface area (Å²) in [6, 6.07) is 1.84. The third-order valence-corrected chi connectivity index (χ3v) is 1.76. The minimum absolute atomic E-state index is 0.271. The van der Waals surface area contributed by atoms with Crippen molar-refractivity contribution in [2.24, 2.45) is 5.41 Å². The van der Waals surface area contributed by atoms with E-state index in [1.807, 2.05) is 6.07 Å². The van der Waals surface area contributed by atoms with Gasteiger partial charge in [-0.3, -0.25) is 4.79 Å². The Kier molecular flexibility index (Phi) is 2.17. The largest absolute Gasteiger partial charge is 0.285 e. The van der Waals surface area contributed by atoms with Gasteiger partial charge in [0.2, 0.25) is 4.69 Å². The van der Waals surface area contributed by atoms with E-state index in [1.165, 1.54) is 0 Å². The Hall–Kier alpha value is -0.360. The number of nitrogens with zero attached hydrogens (tertiary/aromatic N) is 1. The average molecular weight is 176 g/mol. The molecular weight excluding hydrogens is 170 g/mol. The summed E-state index contributed by atoms with van der Waals surface area (Å²) in [5, 5.41) is 8.26. The molecule has 0 aromatic carbocycles. The highest BCUT2D eigenvalue weighted by Crippen LogP contribution is 2.17. The number of hydrogen-bond acceptors (Lipinski definition) is 2. The van der Waals surface area contributed by atoms with Crippen molar-refractivity contribution in [2.75, 3.05) is 0 Å². The van der Waals surface area contributed by atoms with Crippen molar-refractivity contribution in [1.82, 2.24) is 0 Å². The molecule has 8 heavy (non-hydrogen) atoms. The summed E-state index contributed by atoms with van der Waals surface area (Å²) in [5.74, 6) is 0. The predicted molar refractivity (Wildman–Crippen MR) is 33.3 cm³/mol. The zero-order chi connectivity index (χ0) is 6.78. The van der Waals surface area contributed by atoms with Crippen LogP contribution in [-0.4, -0.2) is 4.69 Å². The maximum Gasteiger partial charge on any atom is 0.217 e. The second kappa shape index (κ2) is 2.27. The second-order valence-corrected chi connectivity index (χ2v) is 2.73. The zero-order valence-corrected chi connectivity index (χ0v) is 6.32. The molecule has 44 valence electrons. The van der Waals surface area contributed by atoms with Crippen LogP contribution in [0.3, 0.4) is 0 Å². The van der Waals surface area contributed by atoms with Crippen molar-refractivity contribution in [3.63, 3.8) is 0 Å². The summed E-state index contributed by atoms with van der Waals surface area (Å²) < 4.78 is -0.271. The average Bonchev–Trinajstić information content (AvgIpc) is 1.67. The van der Waals surface area contributed by atoms with Crippen LogP contribution in [0.5, 0.6) is 0 Å². The summed E-state index contributed by atoms with van der Waals surface area (Å²) in [7, 11) is 0. The van der Waals surface area contributed by atoms with Crippen molar-refractivity contribution in [3.8, 4) is 6.07 Å². The molecule has 0 spiro atoms. The lowest BCUT2D eigenvalue weighted by molar-refractivity contribution is -0.115. The molecule has 0 radical (unpaired) electrons. The molecule has 0 saturated heterocycles. The van der Waals surface area contributed by atoms with Crippen LogP contribution < -0.4 is 0 Å². The molecule has 0 N–H and O–H groups in total. The molecule has 2 nitrogen and oxygen atoms in total. The van der Waals surface area contributed by atoms with Crippen LogP contribution in [0.15, 0.2) is 0 Å². The summed E-state index contributed by atoms with van der Waals surface area (Å²) in [5.41, 5.74) is -0.875. The lowest BCUT2D eigenvalue weighted by Crippen LogP contribution is -2.15. The van der Waals surface area contributed by atoms with Gasteiger partial charge in [-0.25, -0.2) is 0 Å². The van der Waals surface area contributed by atoms with Gasteiger partial charge in [0.15, 0.2) is 0 Å². The zero-order valence-electron chi connectivity index (χ0n) is 4.73. The van der Waals surface area contributed by atoms with Crippen molar-refractivity contribution in [2.45, 2.75) is 13.8 Å². The third-order valence-electron chi connectivity index (χ3n) is 0.771. The molecule has 0 aliphatic heterocycles. The van der Waals surface area contributed by atoms with Crippen LogP contribution >= 0.6 is 15.9 Å². The molecule has 0 heterocycles. The maximum absolute atomic E-state index is 10.4. The first-order chi connectivity index (χ1) is 3.50. The summed E-state index contributed by atoms with van der Waals surface area (Å²) in [4.78, 5) is 10.4. The van der Waals surface area contributed by atoms with Gasteiger partial charge in [0.05, 0.1) is 6.07 Å². The first kappa shape index (κ1) is 7.64. The van der Waals surface area contributed by atoms with Gasteiger partial charge in [0.25, 0.3) is 0 Å². The Morgan fingerprint density at radius 3 is 2.12 bits per heavy atom. The van der Waals surface area contributed by atoms with E-state index in [-0.39, 0.29) is 4.69 Å². The van der Waals surface area contributed by atoms with E-state index in [1.54, 1.807) is 13.8 Å². The molecule has 0 amide bonds. The van der Waals surface area contributed by atoms with E-state index in [4.69, 9.17) is 5.26 Å². The maximum atomic E-state index is 10.4. The third kappa shape index (κ3) is 1.63. The minimum Gasteiger partial charge on any atom is -0.285 e. The van der Waals surface area contributed by atoms with Gasteiger partial charge in [-0.2, -0.15) is 5.26 Å². The smallest absolute Gasteiger partial charge is 0.217 e. The molecule has 0 fully saturated rings. The lowest BCUT2D eigenvalue weighted by Gasteiger charge is -2.05. The fourth-order valence-electron chi connectivity index (χ4n) is 0.0440. The normalized spacial score (nSPS) is 10.2. The first-order valence-electron chi connectivity index (χ1n) is 2.12. The molecule has 0 aromatic rings. The van der Waals surface area contributed by atoms with Gasteiger partial charge in [0.1, 0.15) is 5.41 Å². The van der Waals surface area contributed by atoms with Crippen LogP contribution in [0.1, 0.15) is 13.8 Å². The number of halogens is 1. The van der Waals surface area contributed by atoms with E-state index in [2.05, 4.69) is 15.9 Å². The van der Waals surface area contributed by atoms with Crippen molar-refractivity contribution < 1.29 is 4.79 Å². The van der Waals surface area contributed by atoms with Gasteiger partial charge in [-0.15, -0.1) is 0 Å². The second-order valence-electron chi connectivity index (χ2n) is 2.01. The molecule has 0 aliphatic carbocycles. The van der Waals surface area contributed by atoms with E-state index in [0.29, 0.717) is 0 Å². The summed E-state index contributed by atoms with van der Waals surface area (Å²) >= 11 is 2.69. The van der Waals surface area contributed by atoms with Crippen LogP contribution in [-0.2, 0) is 4.79 Å². The van der Waals surface area contributed by atoms with Crippen molar-refractivity contribution in [3.05, 3.63) is 0 Å². The Bertz CT molecular complexity index is 145. The van der Waals surface area contributed by atoms with Crippen LogP contribution in [0.4, 0.5) is 0 Å². The topological polar surface area (TPSA) is 40.9 Å². The fourth-order valence-corrected chi connectivity index (χ4v) is 0.133. The molecule has 0 bridgehead atoms. The van der Waals surface area contributed by atoms with Crippen LogP contribution in [0, 0.1) is 16.7 Å². The standard InChI is InChI=1S/C5H6BrNO/c1-5(2,3-7)4(6)8/h1-2H3. The van der Waals surface area contributed by atoms with Gasteiger partial charge in [-0.1, -0.05) is 0 Å². The summed E-state index contributed by atoms with van der Waals surface area (Å²) in [6.45, 7) is 3.12. The monoisotopic (exact) mass is 175 g/mol. The van der Waals surface area contributed by atoms with Gasteiger partial charge in [0, 0.05) is 0 Å². The first-order valence-corrected chi connectivity index (χ1v) is 2.91. The molecule has 0 rings (SSSR count). The molecule has 0 unspecified atom stereocenters. The van der Waals surface area contributed by atoms with E-state index in [9.17, 15) is 4.79 Å². The summed E-state index contributed by atoms with van der Waals surface area (Å²) in [6.07, 6.45) is 0. The van der Waals surface area contributed by atoms with Crippen LogP contribution in [0.2, 0.25) is 0 Å². The molecular formula is C5H6BrNO. The van der Waals surface area contributed by atoms with Gasteiger partial charge >= 0.3 is 0 Å². The van der Waals surface area contributed by atoms with E-state index in [0.717, 1.165) is 0 Å². The van der Waals surface area contributed by atoms with E-state index >= 15 is 0 Å². The number of nitriles is 1. The number of carbonyl (C=O) groups excluding carboxylic acids is 1. The molecule has 3 heteroatoms. The quantitative estimate of drug-likeness (QED) is 0.567. The molecule has 0 atom stereocenters. The number of hydrogen-bond donors (Lipinski definition) is 0. The number of rotatable bonds is 1. The van der Waals surface area contributed by atoms with Crippen LogP contribution in [0.25, 0.3) is 0 Å². The van der Waals surface area contributed by atoms with Crippen molar-refractivity contribution >= 4 is 20.6 Å². The van der Waals surface area contributed by atoms with Crippen molar-refractivity contribution in [1.29, 1.82) is 5.26 Å². The SMILES string of the molecule is CC(C)(C#N)C(=O)Br. The molecule has 0 aromatic heterocycles. The molecule has 0 aliphatic rings. The highest BCUT2D eigenvalue weighted by molar-refractivity contribution is 9.18. The predicted octanol–water partition coefficient (Wildman–Crippen LogP) is 1.46. The molecule has 0 saturated carbocycles. The highest BCUT2D eigenvalue weighted by Gasteiger charge is 2.23. The Labute approximate surface area is 56.6 Å². The highest BCUT2D eigenvalue weighted by atomic mass is 79.9. The van der Waals surface area contributed by atoms with Gasteiger partial charge in [-0.05, 0) is 29.8 Å². The Balaban J connectivity index is 4.19. The van der Waals surface area contributed by atoms with E-state index < -0.39 is 5.41 Å². The lowest BCUT2D eigenvalue weighted by atomic mass is 9.99. The Morgan fingerprint density at radius 1 is 1.75 bits per heavy atom. The number of carbonyl (C=O) groups is 1.